The molecular weight excluding hydrogens is 214 g/mol. The summed E-state index contributed by atoms with van der Waals surface area (Å²) in [5.74, 6) is 0.0471. The number of nitrogens with two attached hydrogens (primary N) is 1. The quantitative estimate of drug-likeness (QED) is 0.785. The Hall–Kier alpha value is -1.55. The Morgan fingerprint density at radius 2 is 2.00 bits per heavy atom. The van der Waals surface area contributed by atoms with Gasteiger partial charge in [-0.25, -0.2) is 0 Å². The van der Waals surface area contributed by atoms with E-state index >= 15 is 0 Å². The summed E-state index contributed by atoms with van der Waals surface area (Å²) < 4.78 is 0. The molecule has 17 heavy (non-hydrogen) atoms. The summed E-state index contributed by atoms with van der Waals surface area (Å²) in [5, 5.41) is 2.89. The molecule has 1 atom stereocenters. The molecule has 3 N–H and O–H groups in total. The fourth-order valence-corrected chi connectivity index (χ4v) is 2.29. The lowest BCUT2D eigenvalue weighted by Gasteiger charge is -2.34. The maximum atomic E-state index is 11.6. The Bertz CT molecular complexity index is 410. The van der Waals surface area contributed by atoms with Gasteiger partial charge in [0.15, 0.2) is 0 Å². The molecule has 2 rings (SSSR count). The lowest BCUT2D eigenvalue weighted by Crippen LogP contribution is -2.56. The van der Waals surface area contributed by atoms with Crippen LogP contribution in [0.25, 0.3) is 0 Å². The van der Waals surface area contributed by atoms with Crippen LogP contribution >= 0.6 is 0 Å². The highest BCUT2D eigenvalue weighted by molar-refractivity contribution is 5.83. The number of amides is 1. The van der Waals surface area contributed by atoms with Crippen LogP contribution in [0, 0.1) is 13.8 Å². The van der Waals surface area contributed by atoms with Crippen LogP contribution in [0.4, 0.5) is 5.69 Å². The van der Waals surface area contributed by atoms with Gasteiger partial charge in [0.2, 0.25) is 5.91 Å². The molecule has 1 saturated heterocycles. The van der Waals surface area contributed by atoms with Gasteiger partial charge in [0.1, 0.15) is 0 Å². The van der Waals surface area contributed by atoms with Crippen molar-refractivity contribution < 1.29 is 4.79 Å². The van der Waals surface area contributed by atoms with Gasteiger partial charge in [-0.15, -0.1) is 0 Å². The Morgan fingerprint density at radius 3 is 2.59 bits per heavy atom. The fraction of sp³-hybridized carbons (Fsp3) is 0.462. The van der Waals surface area contributed by atoms with Gasteiger partial charge in [-0.1, -0.05) is 6.07 Å². The molecule has 1 unspecified atom stereocenters. The van der Waals surface area contributed by atoms with E-state index in [4.69, 9.17) is 5.73 Å². The van der Waals surface area contributed by atoms with E-state index in [0.29, 0.717) is 13.1 Å². The number of hydrogen-bond acceptors (Lipinski definition) is 3. The SMILES string of the molecule is Cc1cc(C)cc(N2CC(=O)NC(CN)C2)c1. The zero-order chi connectivity index (χ0) is 12.4. The zero-order valence-electron chi connectivity index (χ0n) is 10.4. The largest absolute Gasteiger partial charge is 0.360 e. The molecule has 0 spiro atoms. The van der Waals surface area contributed by atoms with E-state index < -0.39 is 0 Å². The first kappa shape index (κ1) is 11.9. The maximum absolute atomic E-state index is 11.6. The number of nitrogens with one attached hydrogen (secondary N) is 1. The molecule has 0 bridgehead atoms. The van der Waals surface area contributed by atoms with Crippen molar-refractivity contribution in [3.63, 3.8) is 0 Å². The monoisotopic (exact) mass is 233 g/mol. The molecular formula is C13H19N3O. The molecule has 1 amide bonds. The van der Waals surface area contributed by atoms with Crippen LogP contribution in [0.2, 0.25) is 0 Å². The van der Waals surface area contributed by atoms with Gasteiger partial charge in [0.25, 0.3) is 0 Å². The molecule has 0 aromatic heterocycles. The van der Waals surface area contributed by atoms with Crippen LogP contribution in [0.1, 0.15) is 11.1 Å². The number of piperazine rings is 1. The Balaban J connectivity index is 2.23. The second kappa shape index (κ2) is 4.75. The third-order valence-electron chi connectivity index (χ3n) is 3.00. The van der Waals surface area contributed by atoms with Crippen LogP contribution in [-0.2, 0) is 4.79 Å². The van der Waals surface area contributed by atoms with E-state index in [2.05, 4.69) is 42.3 Å². The minimum Gasteiger partial charge on any atom is -0.360 e. The number of anilines is 1. The van der Waals surface area contributed by atoms with Gasteiger partial charge < -0.3 is 16.0 Å². The summed E-state index contributed by atoms with van der Waals surface area (Å²) in [4.78, 5) is 13.7. The molecule has 0 aliphatic carbocycles. The smallest absolute Gasteiger partial charge is 0.239 e. The first-order chi connectivity index (χ1) is 8.08. The van der Waals surface area contributed by atoms with Crippen molar-refractivity contribution in [2.75, 3.05) is 24.5 Å². The van der Waals surface area contributed by atoms with E-state index in [1.165, 1.54) is 11.1 Å². The molecule has 4 heteroatoms. The van der Waals surface area contributed by atoms with Gasteiger partial charge in [-0.3, -0.25) is 4.79 Å². The summed E-state index contributed by atoms with van der Waals surface area (Å²) in [7, 11) is 0. The number of rotatable bonds is 2. The molecule has 1 aliphatic rings. The topological polar surface area (TPSA) is 58.4 Å². The second-order valence-corrected chi connectivity index (χ2v) is 4.73. The summed E-state index contributed by atoms with van der Waals surface area (Å²) in [6.45, 7) is 5.82. The molecule has 1 heterocycles. The van der Waals surface area contributed by atoms with E-state index in [1.54, 1.807) is 0 Å². The van der Waals surface area contributed by atoms with Crippen LogP contribution in [-0.4, -0.2) is 31.6 Å². The van der Waals surface area contributed by atoms with Crippen LogP contribution in [0.5, 0.6) is 0 Å². The standard InChI is InChI=1S/C13H19N3O/c1-9-3-10(2)5-12(4-9)16-7-11(6-14)15-13(17)8-16/h3-5,11H,6-8,14H2,1-2H3,(H,15,17). The zero-order valence-corrected chi connectivity index (χ0v) is 10.4. The molecule has 4 nitrogen and oxygen atoms in total. The molecule has 0 radical (unpaired) electrons. The number of aryl methyl sites for hydroxylation is 2. The van der Waals surface area contributed by atoms with E-state index in [9.17, 15) is 4.79 Å². The predicted molar refractivity (Wildman–Crippen MR) is 69.1 cm³/mol. The summed E-state index contributed by atoms with van der Waals surface area (Å²) in [6.07, 6.45) is 0. The molecule has 1 aromatic carbocycles. The van der Waals surface area contributed by atoms with E-state index in [-0.39, 0.29) is 11.9 Å². The lowest BCUT2D eigenvalue weighted by atomic mass is 10.1. The van der Waals surface area contributed by atoms with Gasteiger partial charge in [0, 0.05) is 18.8 Å². The van der Waals surface area contributed by atoms with Crippen molar-refractivity contribution in [2.24, 2.45) is 5.73 Å². The third-order valence-corrected chi connectivity index (χ3v) is 3.00. The van der Waals surface area contributed by atoms with E-state index in [1.807, 2.05) is 0 Å². The van der Waals surface area contributed by atoms with E-state index in [0.717, 1.165) is 12.2 Å². The van der Waals surface area contributed by atoms with Crippen molar-refractivity contribution in [1.82, 2.24) is 5.32 Å². The number of benzene rings is 1. The minimum absolute atomic E-state index is 0.0471. The number of hydrogen-bond donors (Lipinski definition) is 2. The first-order valence-electron chi connectivity index (χ1n) is 5.91. The molecule has 0 saturated carbocycles. The Labute approximate surface area is 102 Å². The highest BCUT2D eigenvalue weighted by Crippen LogP contribution is 2.20. The van der Waals surface area contributed by atoms with Gasteiger partial charge in [-0.05, 0) is 37.1 Å². The van der Waals surface area contributed by atoms with Crippen LogP contribution < -0.4 is 16.0 Å². The summed E-state index contributed by atoms with van der Waals surface area (Å²) in [5.41, 5.74) is 9.17. The molecule has 1 fully saturated rings. The summed E-state index contributed by atoms with van der Waals surface area (Å²) in [6, 6.07) is 6.41. The number of carbonyl (C=O) groups excluding carboxylic acids is 1. The molecule has 1 aliphatic heterocycles. The lowest BCUT2D eigenvalue weighted by molar-refractivity contribution is -0.121. The second-order valence-electron chi connectivity index (χ2n) is 4.73. The number of nitrogens with zero attached hydrogens (tertiary/aromatic N) is 1. The highest BCUT2D eigenvalue weighted by Gasteiger charge is 2.23. The van der Waals surface area contributed by atoms with Crippen LogP contribution in [0.3, 0.4) is 0 Å². The fourth-order valence-electron chi connectivity index (χ4n) is 2.29. The van der Waals surface area contributed by atoms with Crippen molar-refractivity contribution in [2.45, 2.75) is 19.9 Å². The van der Waals surface area contributed by atoms with Crippen molar-refractivity contribution >= 4 is 11.6 Å². The molecule has 1 aromatic rings. The van der Waals surface area contributed by atoms with Crippen molar-refractivity contribution in [3.05, 3.63) is 29.3 Å². The number of carbonyl (C=O) groups is 1. The van der Waals surface area contributed by atoms with Gasteiger partial charge >= 0.3 is 0 Å². The predicted octanol–water partition coefficient (Wildman–Crippen LogP) is 0.567. The Kier molecular flexibility index (Phi) is 3.33. The van der Waals surface area contributed by atoms with Crippen LogP contribution in [0.15, 0.2) is 18.2 Å². The van der Waals surface area contributed by atoms with Crippen molar-refractivity contribution in [3.8, 4) is 0 Å². The normalized spacial score (nSPS) is 20.3. The summed E-state index contributed by atoms with van der Waals surface area (Å²) >= 11 is 0. The van der Waals surface area contributed by atoms with Gasteiger partial charge in [0.05, 0.1) is 12.6 Å². The first-order valence-corrected chi connectivity index (χ1v) is 5.91. The molecule has 92 valence electrons. The van der Waals surface area contributed by atoms with Crippen molar-refractivity contribution in [1.29, 1.82) is 0 Å². The average Bonchev–Trinajstić information content (AvgIpc) is 2.26. The Morgan fingerprint density at radius 1 is 1.35 bits per heavy atom. The third kappa shape index (κ3) is 2.77. The maximum Gasteiger partial charge on any atom is 0.239 e. The van der Waals surface area contributed by atoms with Gasteiger partial charge in [-0.2, -0.15) is 0 Å². The minimum atomic E-state index is 0.0471. The average molecular weight is 233 g/mol. The highest BCUT2D eigenvalue weighted by atomic mass is 16.2.